The molecule has 1 atom stereocenters. The van der Waals surface area contributed by atoms with Gasteiger partial charge in [-0.2, -0.15) is 0 Å². The summed E-state index contributed by atoms with van der Waals surface area (Å²) in [6.07, 6.45) is 2.23. The summed E-state index contributed by atoms with van der Waals surface area (Å²) in [5.74, 6) is -0.684. The number of carbonyl (C=O) groups is 1. The molecule has 2 nitrogen and oxygen atoms in total. The van der Waals surface area contributed by atoms with Crippen LogP contribution in [-0.4, -0.2) is 11.1 Å². The van der Waals surface area contributed by atoms with E-state index in [0.29, 0.717) is 6.42 Å². The molecule has 0 radical (unpaired) electrons. The molecule has 15 heavy (non-hydrogen) atoms. The lowest BCUT2D eigenvalue weighted by Gasteiger charge is -2.30. The summed E-state index contributed by atoms with van der Waals surface area (Å²) in [6.45, 7) is 1.83. The molecular weight excluding hydrogens is 256 g/mol. The van der Waals surface area contributed by atoms with E-state index in [-0.39, 0.29) is 0 Å². The van der Waals surface area contributed by atoms with Crippen LogP contribution >= 0.6 is 15.9 Å². The topological polar surface area (TPSA) is 37.3 Å². The first-order valence-corrected chi connectivity index (χ1v) is 5.81. The highest BCUT2D eigenvalue weighted by Gasteiger charge is 2.36. The number of hydrogen-bond acceptors (Lipinski definition) is 1. The van der Waals surface area contributed by atoms with Crippen molar-refractivity contribution >= 4 is 21.9 Å². The van der Waals surface area contributed by atoms with Crippen molar-refractivity contribution in [2.24, 2.45) is 5.41 Å². The molecule has 0 saturated heterocycles. The molecule has 2 rings (SSSR count). The highest BCUT2D eigenvalue weighted by molar-refractivity contribution is 9.10. The SMILES string of the molecule is CC1(C(=O)O)CCc2cc(Br)ccc2C1. The molecule has 1 unspecified atom stereocenters. The minimum Gasteiger partial charge on any atom is -0.481 e. The van der Waals surface area contributed by atoms with Gasteiger partial charge in [-0.05, 0) is 49.4 Å². The predicted molar refractivity (Wildman–Crippen MR) is 61.9 cm³/mol. The van der Waals surface area contributed by atoms with Gasteiger partial charge in [0, 0.05) is 4.47 Å². The minimum absolute atomic E-state index is 0.583. The number of carboxylic acids is 1. The zero-order chi connectivity index (χ0) is 11.1. The Morgan fingerprint density at radius 1 is 1.47 bits per heavy atom. The molecule has 0 aliphatic heterocycles. The Bertz CT molecular complexity index is 414. The van der Waals surface area contributed by atoms with E-state index in [0.717, 1.165) is 17.3 Å². The van der Waals surface area contributed by atoms with Gasteiger partial charge in [0.2, 0.25) is 0 Å². The zero-order valence-electron chi connectivity index (χ0n) is 8.59. The van der Waals surface area contributed by atoms with Crippen LogP contribution < -0.4 is 0 Å². The first kappa shape index (κ1) is 10.7. The number of aryl methyl sites for hydroxylation is 1. The van der Waals surface area contributed by atoms with E-state index in [9.17, 15) is 4.79 Å². The number of carboxylic acid groups (broad SMARTS) is 1. The summed E-state index contributed by atoms with van der Waals surface area (Å²) < 4.78 is 1.07. The molecule has 80 valence electrons. The van der Waals surface area contributed by atoms with E-state index in [1.165, 1.54) is 11.1 Å². The van der Waals surface area contributed by atoms with E-state index in [1.54, 1.807) is 0 Å². The van der Waals surface area contributed by atoms with Crippen LogP contribution in [0.2, 0.25) is 0 Å². The number of benzene rings is 1. The zero-order valence-corrected chi connectivity index (χ0v) is 10.2. The first-order chi connectivity index (χ1) is 7.01. The molecule has 1 aliphatic rings. The second-order valence-electron chi connectivity index (χ2n) is 4.46. The summed E-state index contributed by atoms with van der Waals surface area (Å²) in [4.78, 5) is 11.1. The summed E-state index contributed by atoms with van der Waals surface area (Å²) in [5.41, 5.74) is 1.87. The van der Waals surface area contributed by atoms with E-state index in [2.05, 4.69) is 22.0 Å². The van der Waals surface area contributed by atoms with Gasteiger partial charge in [0.25, 0.3) is 0 Å². The number of aliphatic carboxylic acids is 1. The van der Waals surface area contributed by atoms with E-state index >= 15 is 0 Å². The first-order valence-electron chi connectivity index (χ1n) is 5.02. The standard InChI is InChI=1S/C12H13BrO2/c1-12(11(14)15)5-4-8-6-10(13)3-2-9(8)7-12/h2-3,6H,4-5,7H2,1H3,(H,14,15). The molecule has 3 heteroatoms. The summed E-state index contributed by atoms with van der Waals surface area (Å²) >= 11 is 3.43. The molecule has 0 spiro atoms. The molecule has 0 saturated carbocycles. The molecule has 0 bridgehead atoms. The van der Waals surface area contributed by atoms with E-state index in [1.807, 2.05) is 19.1 Å². The van der Waals surface area contributed by atoms with E-state index < -0.39 is 11.4 Å². The fourth-order valence-electron chi connectivity index (χ4n) is 2.10. The fraction of sp³-hybridized carbons (Fsp3) is 0.417. The van der Waals surface area contributed by atoms with Crippen molar-refractivity contribution in [1.29, 1.82) is 0 Å². The molecule has 0 aromatic heterocycles. The lowest BCUT2D eigenvalue weighted by molar-refractivity contribution is -0.148. The van der Waals surface area contributed by atoms with Crippen LogP contribution in [0.25, 0.3) is 0 Å². The van der Waals surface area contributed by atoms with Gasteiger partial charge in [-0.15, -0.1) is 0 Å². The highest BCUT2D eigenvalue weighted by Crippen LogP contribution is 2.36. The van der Waals surface area contributed by atoms with Crippen molar-refractivity contribution in [2.75, 3.05) is 0 Å². The number of fused-ring (bicyclic) bond motifs is 1. The third-order valence-corrected chi connectivity index (χ3v) is 3.70. The number of halogens is 1. The van der Waals surface area contributed by atoms with Gasteiger partial charge in [-0.25, -0.2) is 0 Å². The van der Waals surface area contributed by atoms with E-state index in [4.69, 9.17) is 5.11 Å². The lowest BCUT2D eigenvalue weighted by Crippen LogP contribution is -2.33. The van der Waals surface area contributed by atoms with Crippen LogP contribution in [-0.2, 0) is 17.6 Å². The minimum atomic E-state index is -0.684. The molecule has 1 N–H and O–H groups in total. The average molecular weight is 269 g/mol. The quantitative estimate of drug-likeness (QED) is 0.850. The Labute approximate surface area is 97.4 Å². The Balaban J connectivity index is 2.35. The maximum absolute atomic E-state index is 11.1. The van der Waals surface area contributed by atoms with Crippen molar-refractivity contribution in [3.8, 4) is 0 Å². The molecular formula is C12H13BrO2. The second kappa shape index (κ2) is 3.63. The second-order valence-corrected chi connectivity index (χ2v) is 5.37. The van der Waals surface area contributed by atoms with Gasteiger partial charge in [0.15, 0.2) is 0 Å². The molecule has 1 aliphatic carbocycles. The monoisotopic (exact) mass is 268 g/mol. The Kier molecular flexibility index (Phi) is 2.59. The van der Waals surface area contributed by atoms with Crippen LogP contribution in [0.3, 0.4) is 0 Å². The smallest absolute Gasteiger partial charge is 0.309 e. The van der Waals surface area contributed by atoms with Crippen LogP contribution in [0.15, 0.2) is 22.7 Å². The largest absolute Gasteiger partial charge is 0.481 e. The summed E-state index contributed by atoms with van der Waals surface area (Å²) in [5, 5.41) is 9.17. The average Bonchev–Trinajstić information content (AvgIpc) is 2.18. The molecule has 0 fully saturated rings. The molecule has 0 amide bonds. The summed E-state index contributed by atoms with van der Waals surface area (Å²) in [7, 11) is 0. The van der Waals surface area contributed by atoms with Gasteiger partial charge in [0.1, 0.15) is 0 Å². The van der Waals surface area contributed by atoms with Crippen molar-refractivity contribution in [1.82, 2.24) is 0 Å². The van der Waals surface area contributed by atoms with Crippen molar-refractivity contribution < 1.29 is 9.90 Å². The van der Waals surface area contributed by atoms with Crippen LogP contribution in [0.4, 0.5) is 0 Å². The van der Waals surface area contributed by atoms with Gasteiger partial charge >= 0.3 is 5.97 Å². The fourth-order valence-corrected chi connectivity index (χ4v) is 2.51. The number of rotatable bonds is 1. The van der Waals surface area contributed by atoms with Crippen LogP contribution in [0.5, 0.6) is 0 Å². The summed E-state index contributed by atoms with van der Waals surface area (Å²) in [6, 6.07) is 6.10. The van der Waals surface area contributed by atoms with Gasteiger partial charge < -0.3 is 5.11 Å². The Hall–Kier alpha value is -0.830. The third kappa shape index (κ3) is 1.93. The predicted octanol–water partition coefficient (Wildman–Crippen LogP) is 3.03. The molecule has 0 heterocycles. The molecule has 1 aromatic rings. The molecule has 1 aromatic carbocycles. The van der Waals surface area contributed by atoms with Crippen LogP contribution in [0, 0.1) is 5.41 Å². The van der Waals surface area contributed by atoms with Crippen molar-refractivity contribution in [2.45, 2.75) is 26.2 Å². The van der Waals surface area contributed by atoms with Gasteiger partial charge in [-0.3, -0.25) is 4.79 Å². The highest BCUT2D eigenvalue weighted by atomic mass is 79.9. The normalized spacial score (nSPS) is 24.7. The lowest BCUT2D eigenvalue weighted by atomic mass is 9.73. The van der Waals surface area contributed by atoms with Crippen LogP contribution in [0.1, 0.15) is 24.5 Å². The van der Waals surface area contributed by atoms with Gasteiger partial charge in [-0.1, -0.05) is 22.0 Å². The Morgan fingerprint density at radius 2 is 2.20 bits per heavy atom. The number of hydrogen-bond donors (Lipinski definition) is 1. The van der Waals surface area contributed by atoms with Gasteiger partial charge in [0.05, 0.1) is 5.41 Å². The van der Waals surface area contributed by atoms with Crippen molar-refractivity contribution in [3.63, 3.8) is 0 Å². The Morgan fingerprint density at radius 3 is 2.87 bits per heavy atom. The maximum Gasteiger partial charge on any atom is 0.309 e. The third-order valence-electron chi connectivity index (χ3n) is 3.21. The van der Waals surface area contributed by atoms with Crippen molar-refractivity contribution in [3.05, 3.63) is 33.8 Å². The maximum atomic E-state index is 11.1.